The van der Waals surface area contributed by atoms with Crippen molar-refractivity contribution in [3.8, 4) is 28.0 Å². The standard InChI is InChI=1S/C23H21Cl2NO3/c1-26(15-23(27)28)11-12-29-22-10-9-17(16-5-4-6-18(24)13-16)14-20(22)19-7-2-3-8-21(19)25/h2-10,13-14H,11-12,15H2,1H3,(H,27,28). The second kappa shape index (κ2) is 9.79. The Labute approximate surface area is 180 Å². The van der Waals surface area contributed by atoms with Gasteiger partial charge in [-0.05, 0) is 48.5 Å². The van der Waals surface area contributed by atoms with E-state index in [1.165, 1.54) is 0 Å². The van der Waals surface area contributed by atoms with E-state index in [-0.39, 0.29) is 6.54 Å². The van der Waals surface area contributed by atoms with Crippen molar-refractivity contribution in [3.63, 3.8) is 0 Å². The first-order chi connectivity index (χ1) is 13.9. The molecule has 0 aromatic heterocycles. The molecule has 29 heavy (non-hydrogen) atoms. The molecule has 0 spiro atoms. The zero-order valence-electron chi connectivity index (χ0n) is 15.9. The summed E-state index contributed by atoms with van der Waals surface area (Å²) < 4.78 is 5.99. The van der Waals surface area contributed by atoms with Gasteiger partial charge in [-0.1, -0.05) is 59.6 Å². The van der Waals surface area contributed by atoms with E-state index in [0.29, 0.717) is 28.9 Å². The van der Waals surface area contributed by atoms with Gasteiger partial charge in [-0.2, -0.15) is 0 Å². The third-order valence-corrected chi connectivity index (χ3v) is 5.00. The van der Waals surface area contributed by atoms with Gasteiger partial charge < -0.3 is 9.84 Å². The summed E-state index contributed by atoms with van der Waals surface area (Å²) in [5.41, 5.74) is 3.73. The van der Waals surface area contributed by atoms with Crippen LogP contribution in [-0.2, 0) is 4.79 Å². The maximum Gasteiger partial charge on any atom is 0.317 e. The largest absolute Gasteiger partial charge is 0.492 e. The van der Waals surface area contributed by atoms with Gasteiger partial charge in [-0.3, -0.25) is 9.69 Å². The SMILES string of the molecule is CN(CCOc1ccc(-c2cccc(Cl)c2)cc1-c1ccccc1Cl)CC(=O)O. The molecule has 0 saturated heterocycles. The van der Waals surface area contributed by atoms with Crippen LogP contribution in [0.5, 0.6) is 5.75 Å². The first-order valence-corrected chi connectivity index (χ1v) is 9.87. The Hall–Kier alpha value is -2.53. The summed E-state index contributed by atoms with van der Waals surface area (Å²) in [7, 11) is 1.74. The number of halogens is 2. The van der Waals surface area contributed by atoms with Crippen LogP contribution in [0.2, 0.25) is 10.0 Å². The summed E-state index contributed by atoms with van der Waals surface area (Å²) in [4.78, 5) is 12.5. The highest BCUT2D eigenvalue weighted by Gasteiger charge is 2.13. The average molecular weight is 430 g/mol. The number of nitrogens with zero attached hydrogens (tertiary/aromatic N) is 1. The molecule has 3 aromatic carbocycles. The summed E-state index contributed by atoms with van der Waals surface area (Å²) in [5.74, 6) is -0.178. The monoisotopic (exact) mass is 429 g/mol. The van der Waals surface area contributed by atoms with Gasteiger partial charge in [-0.15, -0.1) is 0 Å². The number of rotatable bonds is 8. The van der Waals surface area contributed by atoms with Crippen molar-refractivity contribution in [2.75, 3.05) is 26.7 Å². The lowest BCUT2D eigenvalue weighted by atomic mass is 9.98. The number of carboxylic acid groups (broad SMARTS) is 1. The molecule has 0 fully saturated rings. The molecule has 150 valence electrons. The lowest BCUT2D eigenvalue weighted by Gasteiger charge is -2.17. The van der Waals surface area contributed by atoms with Gasteiger partial charge in [-0.25, -0.2) is 0 Å². The molecular weight excluding hydrogens is 409 g/mol. The highest BCUT2D eigenvalue weighted by atomic mass is 35.5. The van der Waals surface area contributed by atoms with E-state index in [4.69, 9.17) is 33.0 Å². The molecule has 3 aromatic rings. The Morgan fingerprint density at radius 3 is 2.45 bits per heavy atom. The first-order valence-electron chi connectivity index (χ1n) is 9.12. The van der Waals surface area contributed by atoms with Gasteiger partial charge in [0.15, 0.2) is 0 Å². The van der Waals surface area contributed by atoms with Gasteiger partial charge in [0.05, 0.1) is 6.54 Å². The number of hydrogen-bond donors (Lipinski definition) is 1. The predicted molar refractivity (Wildman–Crippen MR) is 118 cm³/mol. The van der Waals surface area contributed by atoms with Crippen molar-refractivity contribution in [1.29, 1.82) is 0 Å². The number of likely N-dealkylation sites (N-methyl/N-ethyl adjacent to an activating group) is 1. The number of aliphatic carboxylic acids is 1. The molecule has 1 N–H and O–H groups in total. The van der Waals surface area contributed by atoms with E-state index < -0.39 is 5.97 Å². The number of benzene rings is 3. The number of hydrogen-bond acceptors (Lipinski definition) is 3. The fourth-order valence-electron chi connectivity index (χ4n) is 3.01. The maximum atomic E-state index is 10.8. The third-order valence-electron chi connectivity index (χ3n) is 4.44. The van der Waals surface area contributed by atoms with Crippen LogP contribution in [0.4, 0.5) is 0 Å². The van der Waals surface area contributed by atoms with Crippen molar-refractivity contribution < 1.29 is 14.6 Å². The van der Waals surface area contributed by atoms with E-state index in [9.17, 15) is 4.79 Å². The van der Waals surface area contributed by atoms with Gasteiger partial charge in [0, 0.05) is 27.7 Å². The Kier molecular flexibility index (Phi) is 7.15. The molecule has 0 radical (unpaired) electrons. The fraction of sp³-hybridized carbons (Fsp3) is 0.174. The molecule has 6 heteroatoms. The van der Waals surface area contributed by atoms with Crippen LogP contribution in [-0.4, -0.2) is 42.7 Å². The average Bonchev–Trinajstić information content (AvgIpc) is 2.68. The molecule has 0 bridgehead atoms. The summed E-state index contributed by atoms with van der Waals surface area (Å²) in [6.07, 6.45) is 0. The lowest BCUT2D eigenvalue weighted by Crippen LogP contribution is -2.29. The van der Waals surface area contributed by atoms with Crippen molar-refractivity contribution in [2.24, 2.45) is 0 Å². The van der Waals surface area contributed by atoms with Crippen LogP contribution in [0.15, 0.2) is 66.7 Å². The van der Waals surface area contributed by atoms with Gasteiger partial charge in [0.1, 0.15) is 12.4 Å². The van der Waals surface area contributed by atoms with Crippen LogP contribution in [0.3, 0.4) is 0 Å². The molecule has 0 unspecified atom stereocenters. The highest BCUT2D eigenvalue weighted by molar-refractivity contribution is 6.33. The minimum absolute atomic E-state index is 0.0333. The Balaban J connectivity index is 1.91. The van der Waals surface area contributed by atoms with Crippen molar-refractivity contribution in [2.45, 2.75) is 0 Å². The topological polar surface area (TPSA) is 49.8 Å². The summed E-state index contributed by atoms with van der Waals surface area (Å²) in [5, 5.41) is 10.2. The van der Waals surface area contributed by atoms with Gasteiger partial charge in [0.2, 0.25) is 0 Å². The van der Waals surface area contributed by atoms with Crippen LogP contribution in [0, 0.1) is 0 Å². The Morgan fingerprint density at radius 2 is 1.72 bits per heavy atom. The zero-order valence-corrected chi connectivity index (χ0v) is 17.5. The molecule has 4 nitrogen and oxygen atoms in total. The molecule has 0 aliphatic rings. The smallest absolute Gasteiger partial charge is 0.317 e. The third kappa shape index (κ3) is 5.73. The van der Waals surface area contributed by atoms with Crippen LogP contribution in [0.25, 0.3) is 22.3 Å². The number of carboxylic acids is 1. The minimum atomic E-state index is -0.866. The summed E-state index contributed by atoms with van der Waals surface area (Å²) in [6, 6.07) is 21.2. The van der Waals surface area contributed by atoms with Crippen LogP contribution >= 0.6 is 23.2 Å². The molecule has 3 rings (SSSR count). The van der Waals surface area contributed by atoms with Gasteiger partial charge >= 0.3 is 5.97 Å². The predicted octanol–water partition coefficient (Wildman–Crippen LogP) is 5.72. The molecule has 0 saturated carbocycles. The number of ether oxygens (including phenoxy) is 1. The fourth-order valence-corrected chi connectivity index (χ4v) is 3.44. The Morgan fingerprint density at radius 1 is 0.966 bits per heavy atom. The van der Waals surface area contributed by atoms with Crippen LogP contribution < -0.4 is 4.74 Å². The summed E-state index contributed by atoms with van der Waals surface area (Å²) >= 11 is 12.6. The first kappa shape index (κ1) is 21.2. The molecular formula is C23H21Cl2NO3. The van der Waals surface area contributed by atoms with Crippen LogP contribution in [0.1, 0.15) is 0 Å². The van der Waals surface area contributed by atoms with Gasteiger partial charge in [0.25, 0.3) is 0 Å². The van der Waals surface area contributed by atoms with E-state index in [2.05, 4.69) is 0 Å². The second-order valence-corrected chi connectivity index (χ2v) is 7.52. The summed E-state index contributed by atoms with van der Waals surface area (Å²) in [6.45, 7) is 0.816. The molecule has 0 aliphatic heterocycles. The maximum absolute atomic E-state index is 10.8. The van der Waals surface area contributed by atoms with Crippen molar-refractivity contribution >= 4 is 29.2 Å². The highest BCUT2D eigenvalue weighted by Crippen LogP contribution is 2.38. The van der Waals surface area contributed by atoms with E-state index >= 15 is 0 Å². The van der Waals surface area contributed by atoms with Crippen molar-refractivity contribution in [1.82, 2.24) is 4.90 Å². The quantitative estimate of drug-likeness (QED) is 0.497. The zero-order chi connectivity index (χ0) is 20.8. The minimum Gasteiger partial charge on any atom is -0.492 e. The second-order valence-electron chi connectivity index (χ2n) is 6.68. The molecule has 0 heterocycles. The molecule has 0 aliphatic carbocycles. The number of carbonyl (C=O) groups is 1. The van der Waals surface area contributed by atoms with E-state index in [1.54, 1.807) is 11.9 Å². The normalized spacial score (nSPS) is 10.9. The Bertz CT molecular complexity index is 1010. The molecule has 0 atom stereocenters. The van der Waals surface area contributed by atoms with E-state index in [1.807, 2.05) is 66.7 Å². The lowest BCUT2D eigenvalue weighted by molar-refractivity contribution is -0.138. The molecule has 0 amide bonds. The van der Waals surface area contributed by atoms with E-state index in [0.717, 1.165) is 22.3 Å². The van der Waals surface area contributed by atoms with Crippen molar-refractivity contribution in [3.05, 3.63) is 76.8 Å².